The van der Waals surface area contributed by atoms with E-state index in [0.29, 0.717) is 57.9 Å². The Hall–Kier alpha value is -4.62. The Morgan fingerprint density at radius 2 is 0.464 bits per heavy atom. The summed E-state index contributed by atoms with van der Waals surface area (Å²) < 4.78 is 32.8. The second kappa shape index (κ2) is 35.5. The molecular formula is C86H160N12O12. The number of carbonyl (C=O) groups is 6. The molecule has 0 radical (unpaired) electrons. The van der Waals surface area contributed by atoms with Gasteiger partial charge >= 0.3 is 36.6 Å². The lowest BCUT2D eigenvalue weighted by Crippen LogP contribution is -2.73. The van der Waals surface area contributed by atoms with Crippen LogP contribution in [0.4, 0.5) is 28.8 Å². The molecule has 0 aromatic heterocycles. The number of rotatable bonds is 6. The molecule has 6 amide bonds. The van der Waals surface area contributed by atoms with Crippen molar-refractivity contribution < 1.29 is 57.2 Å². The van der Waals surface area contributed by atoms with Gasteiger partial charge in [-0.1, -0.05) is 0 Å². The van der Waals surface area contributed by atoms with Gasteiger partial charge in [0.1, 0.15) is 33.6 Å². The summed E-state index contributed by atoms with van der Waals surface area (Å²) in [5.74, 6) is 0. The Labute approximate surface area is 667 Å². The summed E-state index contributed by atoms with van der Waals surface area (Å²) in [6.07, 6.45) is 10.5. The Morgan fingerprint density at radius 1 is 0.227 bits per heavy atom. The number of likely N-dealkylation sites (tertiary alicyclic amines) is 12. The largest absolute Gasteiger partial charge is 0.444 e. The van der Waals surface area contributed by atoms with Gasteiger partial charge in [0.25, 0.3) is 0 Å². The molecule has 12 rings (SSSR count). The predicted octanol–water partition coefficient (Wildman–Crippen LogP) is 15.1. The van der Waals surface area contributed by atoms with E-state index in [0.717, 1.165) is 182 Å². The molecule has 6 spiro atoms. The molecule has 24 heteroatoms. The van der Waals surface area contributed by atoms with Gasteiger partial charge in [0.2, 0.25) is 0 Å². The van der Waals surface area contributed by atoms with E-state index in [9.17, 15) is 28.8 Å². The first kappa shape index (κ1) is 92.6. The Morgan fingerprint density at radius 3 is 0.809 bits per heavy atom. The zero-order valence-electron chi connectivity index (χ0n) is 75.4. The van der Waals surface area contributed by atoms with Gasteiger partial charge in [0.15, 0.2) is 0 Å². The van der Waals surface area contributed by atoms with Crippen molar-refractivity contribution in [3.8, 4) is 0 Å². The summed E-state index contributed by atoms with van der Waals surface area (Å²) in [5, 5.41) is 0. The summed E-state index contributed by atoms with van der Waals surface area (Å²) in [6, 6.07) is 3.63. The quantitative estimate of drug-likeness (QED) is 0.227. The molecule has 636 valence electrons. The standard InChI is InChI=1S/3C15H28N2O2.2C14H26N2O2.C13H24N2O2/c1-12(2)17-10-15(11-17)6-8-16(9-7-15)13(18)19-14(3,4)5;1-12(2)17-10-15(11-17)7-6-8-16(9-15)13(18)19-14(3,4)5;1-12(2)16-10-15(11-16)8-6-7-9-17(15)13(18)19-14(3,4)5;1-11(2)16-9-14(10-16)6-7-15(8-14)12(17)18-13(3,4)5;1-11(2)15-9-14(10-15)7-6-8-16(14)12(17)18-13(3,4)5;1-10(2)14-6-13(7-14)8-15(9-13)11(16)17-12(3,4)5/h3*12H,6-11H2,1-5H3;2*11H,6-10H2,1-5H3;10H,6-9H2,1-5H3. The Kier molecular flexibility index (Phi) is 29.8. The monoisotopic (exact) mass is 1550 g/mol. The second-order valence-electron chi connectivity index (χ2n) is 43.2. The van der Waals surface area contributed by atoms with Crippen LogP contribution in [-0.2, 0) is 28.4 Å². The highest BCUT2D eigenvalue weighted by molar-refractivity contribution is 5.72. The van der Waals surface area contributed by atoms with E-state index in [2.05, 4.69) is 112 Å². The van der Waals surface area contributed by atoms with E-state index in [4.69, 9.17) is 28.4 Å². The Bertz CT molecular complexity index is 3010. The number of piperidine rings is 3. The predicted molar refractivity (Wildman–Crippen MR) is 439 cm³/mol. The molecule has 0 aromatic carbocycles. The van der Waals surface area contributed by atoms with Crippen molar-refractivity contribution in [1.29, 1.82) is 0 Å². The van der Waals surface area contributed by atoms with Crippen LogP contribution >= 0.6 is 0 Å². The average molecular weight is 1550 g/mol. The molecule has 0 atom stereocenters. The van der Waals surface area contributed by atoms with Crippen molar-refractivity contribution in [3.05, 3.63) is 0 Å². The highest BCUT2D eigenvalue weighted by atomic mass is 16.6. The molecule has 0 N–H and O–H groups in total. The van der Waals surface area contributed by atoms with Crippen LogP contribution in [0.1, 0.15) is 272 Å². The van der Waals surface area contributed by atoms with Crippen molar-refractivity contribution in [2.24, 2.45) is 21.7 Å². The van der Waals surface area contributed by atoms with Crippen molar-refractivity contribution >= 4 is 36.6 Å². The fraction of sp³-hybridized carbons (Fsp3) is 0.930. The number of hydrogen-bond donors (Lipinski definition) is 0. The van der Waals surface area contributed by atoms with Crippen LogP contribution in [0, 0.1) is 21.7 Å². The van der Waals surface area contributed by atoms with Gasteiger partial charge < -0.3 is 48.0 Å². The van der Waals surface area contributed by atoms with E-state index in [1.165, 1.54) is 25.9 Å². The second-order valence-corrected chi connectivity index (χ2v) is 43.2. The lowest BCUT2D eigenvalue weighted by atomic mass is 9.71. The van der Waals surface area contributed by atoms with Gasteiger partial charge in [0.05, 0.1) is 11.1 Å². The molecular weight excluding hydrogens is 1390 g/mol. The summed E-state index contributed by atoms with van der Waals surface area (Å²) in [4.78, 5) is 98.8. The minimum absolute atomic E-state index is 0.0465. The van der Waals surface area contributed by atoms with Crippen LogP contribution < -0.4 is 0 Å². The topological polar surface area (TPSA) is 197 Å². The molecule has 0 saturated carbocycles. The SMILES string of the molecule is CC(C)N1CC2(CCCCN2C(=O)OC(C)(C)C)C1.CC(C)N1CC2(CCCN(C(=O)OC(C)(C)C)C2)C1.CC(C)N1CC2(CCCN2C(=O)OC(C)(C)C)C1.CC(C)N1CC2(CCN(C(=O)OC(C)(C)C)C2)C1.CC(C)N1CC2(CCN(C(=O)OC(C)(C)C)CC2)C1.CC(C)N1CC2(CN(C(=O)OC(C)(C)C)C2)C1. The zero-order valence-corrected chi connectivity index (χ0v) is 75.4. The van der Waals surface area contributed by atoms with Crippen LogP contribution in [0.2, 0.25) is 0 Å². The minimum atomic E-state index is -0.406. The molecule has 12 aliphatic heterocycles. The van der Waals surface area contributed by atoms with Crippen LogP contribution in [0.15, 0.2) is 0 Å². The van der Waals surface area contributed by atoms with E-state index in [1.807, 2.05) is 154 Å². The summed E-state index contributed by atoms with van der Waals surface area (Å²) in [5.41, 5.74) is -0.732. The van der Waals surface area contributed by atoms with Gasteiger partial charge in [-0.15, -0.1) is 0 Å². The molecule has 12 aliphatic rings. The maximum Gasteiger partial charge on any atom is 0.410 e. The minimum Gasteiger partial charge on any atom is -0.444 e. The normalized spacial score (nSPS) is 23.6. The third kappa shape index (κ3) is 25.7. The first-order valence-electron chi connectivity index (χ1n) is 42.7. The summed E-state index contributed by atoms with van der Waals surface area (Å²) in [7, 11) is 0. The molecule has 0 unspecified atom stereocenters. The number of nitrogens with zero attached hydrogens (tertiary/aromatic N) is 12. The van der Waals surface area contributed by atoms with Crippen molar-refractivity contribution in [3.63, 3.8) is 0 Å². The highest BCUT2D eigenvalue weighted by Crippen LogP contribution is 2.46. The molecule has 110 heavy (non-hydrogen) atoms. The third-order valence-electron chi connectivity index (χ3n) is 23.9. The third-order valence-corrected chi connectivity index (χ3v) is 23.9. The van der Waals surface area contributed by atoms with Gasteiger partial charge in [0, 0.05) is 196 Å². The fourth-order valence-corrected chi connectivity index (χ4v) is 17.6. The fourth-order valence-electron chi connectivity index (χ4n) is 17.6. The lowest BCUT2D eigenvalue weighted by Gasteiger charge is -2.61. The Balaban J connectivity index is 0.000000184. The summed E-state index contributed by atoms with van der Waals surface area (Å²) >= 11 is 0. The van der Waals surface area contributed by atoms with Gasteiger partial charge in [-0.3, -0.25) is 39.2 Å². The van der Waals surface area contributed by atoms with Crippen LogP contribution in [0.25, 0.3) is 0 Å². The van der Waals surface area contributed by atoms with Gasteiger partial charge in [-0.25, -0.2) is 28.8 Å². The number of carbonyl (C=O) groups excluding carboxylic acids is 6. The van der Waals surface area contributed by atoms with Crippen molar-refractivity contribution in [2.45, 2.75) is 353 Å². The molecule has 24 nitrogen and oxygen atoms in total. The zero-order chi connectivity index (χ0) is 82.7. The molecule has 0 bridgehead atoms. The number of hydrogen-bond acceptors (Lipinski definition) is 18. The molecule has 12 fully saturated rings. The molecule has 12 saturated heterocycles. The van der Waals surface area contributed by atoms with Crippen LogP contribution in [-0.4, -0.2) is 320 Å². The maximum absolute atomic E-state index is 12.4. The highest BCUT2D eigenvalue weighted by Gasteiger charge is 2.57. The van der Waals surface area contributed by atoms with Gasteiger partial charge in [-0.2, -0.15) is 0 Å². The van der Waals surface area contributed by atoms with Crippen LogP contribution in [0.3, 0.4) is 0 Å². The number of amides is 6. The smallest absolute Gasteiger partial charge is 0.410 e. The molecule has 12 heterocycles. The van der Waals surface area contributed by atoms with Crippen molar-refractivity contribution in [1.82, 2.24) is 58.8 Å². The van der Waals surface area contributed by atoms with E-state index >= 15 is 0 Å². The van der Waals surface area contributed by atoms with E-state index in [-0.39, 0.29) is 53.2 Å². The maximum atomic E-state index is 12.4. The first-order chi connectivity index (χ1) is 50.3. The van der Waals surface area contributed by atoms with Gasteiger partial charge in [-0.05, 0) is 277 Å². The van der Waals surface area contributed by atoms with E-state index in [1.54, 1.807) is 0 Å². The average Bonchev–Trinajstić information content (AvgIpc) is 0.769. The molecule has 0 aliphatic carbocycles. The van der Waals surface area contributed by atoms with E-state index < -0.39 is 28.0 Å². The number of ether oxygens (including phenoxy) is 6. The van der Waals surface area contributed by atoms with Crippen LogP contribution in [0.5, 0.6) is 0 Å². The summed E-state index contributed by atoms with van der Waals surface area (Å²) in [6.45, 7) is 83.1. The van der Waals surface area contributed by atoms with Crippen molar-refractivity contribution in [2.75, 3.05) is 144 Å². The lowest BCUT2D eigenvalue weighted by molar-refractivity contribution is -0.122. The molecule has 0 aromatic rings. The first-order valence-corrected chi connectivity index (χ1v) is 42.7.